The van der Waals surface area contributed by atoms with Gasteiger partial charge >= 0.3 is 6.18 Å². The Morgan fingerprint density at radius 2 is 1.74 bits per heavy atom. The van der Waals surface area contributed by atoms with Crippen LogP contribution in [0.15, 0.2) is 48.5 Å². The molecule has 0 unspecified atom stereocenters. The van der Waals surface area contributed by atoms with Crippen molar-refractivity contribution in [2.75, 3.05) is 18.4 Å². The molecule has 0 bridgehead atoms. The summed E-state index contributed by atoms with van der Waals surface area (Å²) in [6.45, 7) is 1.84. The maximum absolute atomic E-state index is 13.5. The maximum atomic E-state index is 13.5. The Balaban J connectivity index is 1.61. The first-order valence-electron chi connectivity index (χ1n) is 10.8. The minimum Gasteiger partial charge on any atom is -0.380 e. The smallest absolute Gasteiger partial charge is 0.380 e. The normalized spacial score (nSPS) is 18.4. The molecule has 1 fully saturated rings. The maximum Gasteiger partial charge on any atom is 0.433 e. The number of piperidine rings is 1. The Hall–Kier alpha value is -3.40. The van der Waals surface area contributed by atoms with E-state index in [0.717, 1.165) is 6.07 Å². The van der Waals surface area contributed by atoms with E-state index >= 15 is 0 Å². The van der Waals surface area contributed by atoms with Gasteiger partial charge in [0.25, 0.3) is 5.91 Å². The number of pyridine rings is 1. The number of anilines is 1. The molecule has 1 aromatic heterocycles. The van der Waals surface area contributed by atoms with Crippen LogP contribution < -0.4 is 10.6 Å². The van der Waals surface area contributed by atoms with Crippen LogP contribution >= 0.6 is 11.6 Å². The molecule has 2 heterocycles. The number of benzene rings is 2. The molecule has 1 aliphatic heterocycles. The molecule has 0 radical (unpaired) electrons. The van der Waals surface area contributed by atoms with Crippen molar-refractivity contribution in [1.29, 1.82) is 0 Å². The summed E-state index contributed by atoms with van der Waals surface area (Å²) in [5, 5.41) is 6.67. The van der Waals surface area contributed by atoms with E-state index in [4.69, 9.17) is 11.6 Å². The molecule has 1 aliphatic rings. The van der Waals surface area contributed by atoms with Crippen LogP contribution in [0.4, 0.5) is 23.2 Å². The van der Waals surface area contributed by atoms with E-state index in [2.05, 4.69) is 15.6 Å². The third-order valence-electron chi connectivity index (χ3n) is 5.76. The molecule has 4 rings (SSSR count). The van der Waals surface area contributed by atoms with Crippen molar-refractivity contribution < 1.29 is 27.2 Å². The van der Waals surface area contributed by atoms with Crippen LogP contribution in [0.3, 0.4) is 0 Å². The van der Waals surface area contributed by atoms with Crippen LogP contribution in [0, 0.1) is 5.82 Å². The molecule has 35 heavy (non-hydrogen) atoms. The number of alkyl halides is 3. The van der Waals surface area contributed by atoms with E-state index in [1.54, 1.807) is 0 Å². The number of aromatic nitrogens is 1. The van der Waals surface area contributed by atoms with Gasteiger partial charge in [-0.3, -0.25) is 9.59 Å². The molecule has 11 heteroatoms. The number of rotatable bonds is 4. The molecule has 0 saturated carbocycles. The average molecular weight is 509 g/mol. The predicted octanol–water partition coefficient (Wildman–Crippen LogP) is 4.88. The molecule has 0 aliphatic carbocycles. The number of amides is 2. The van der Waals surface area contributed by atoms with E-state index in [-0.39, 0.29) is 35.8 Å². The minimum atomic E-state index is -4.66. The second-order valence-corrected chi connectivity index (χ2v) is 8.83. The van der Waals surface area contributed by atoms with Crippen LogP contribution in [-0.2, 0) is 11.0 Å². The van der Waals surface area contributed by atoms with E-state index in [0.29, 0.717) is 16.8 Å². The lowest BCUT2D eigenvalue weighted by molar-refractivity contribution is -0.140. The van der Waals surface area contributed by atoms with Crippen molar-refractivity contribution in [2.45, 2.75) is 31.6 Å². The van der Waals surface area contributed by atoms with Gasteiger partial charge < -0.3 is 15.5 Å². The molecular formula is C24H21ClF4N4O2. The van der Waals surface area contributed by atoms with Gasteiger partial charge in [-0.2, -0.15) is 13.2 Å². The highest BCUT2D eigenvalue weighted by molar-refractivity contribution is 6.31. The van der Waals surface area contributed by atoms with Crippen molar-refractivity contribution in [3.63, 3.8) is 0 Å². The van der Waals surface area contributed by atoms with Gasteiger partial charge in [-0.1, -0.05) is 11.6 Å². The van der Waals surface area contributed by atoms with Crippen LogP contribution in [0.25, 0.3) is 10.9 Å². The van der Waals surface area contributed by atoms with E-state index in [1.165, 1.54) is 54.3 Å². The van der Waals surface area contributed by atoms with E-state index in [1.807, 2.05) is 0 Å². The number of carbonyl (C=O) groups excluding carboxylic acids is 2. The second-order valence-electron chi connectivity index (χ2n) is 8.39. The number of nitrogens with one attached hydrogen (secondary N) is 2. The zero-order valence-corrected chi connectivity index (χ0v) is 19.3. The molecular weight excluding hydrogens is 488 g/mol. The summed E-state index contributed by atoms with van der Waals surface area (Å²) in [5.74, 6) is -1.16. The van der Waals surface area contributed by atoms with Crippen molar-refractivity contribution in [3.05, 3.63) is 70.6 Å². The van der Waals surface area contributed by atoms with Gasteiger partial charge in [0, 0.05) is 53.8 Å². The number of carbonyl (C=O) groups is 2. The summed E-state index contributed by atoms with van der Waals surface area (Å²) in [6.07, 6.45) is -4.32. The first kappa shape index (κ1) is 24.7. The zero-order chi connectivity index (χ0) is 25.3. The van der Waals surface area contributed by atoms with Gasteiger partial charge in [-0.15, -0.1) is 0 Å². The topological polar surface area (TPSA) is 74.3 Å². The van der Waals surface area contributed by atoms with Gasteiger partial charge in [0.05, 0.1) is 5.52 Å². The Morgan fingerprint density at radius 1 is 1.06 bits per heavy atom. The average Bonchev–Trinajstić information content (AvgIpc) is 2.78. The molecule has 2 atom stereocenters. The summed E-state index contributed by atoms with van der Waals surface area (Å²) in [7, 11) is 0. The highest BCUT2D eigenvalue weighted by Gasteiger charge is 2.35. The van der Waals surface area contributed by atoms with Crippen LogP contribution in [-0.4, -0.2) is 46.9 Å². The Bertz CT molecular complexity index is 1270. The number of likely N-dealkylation sites (tertiary alicyclic amines) is 1. The van der Waals surface area contributed by atoms with Gasteiger partial charge in [-0.25, -0.2) is 9.37 Å². The Labute approximate surface area is 203 Å². The minimum absolute atomic E-state index is 0.118. The molecule has 2 amide bonds. The zero-order valence-electron chi connectivity index (χ0n) is 18.5. The Morgan fingerprint density at radius 3 is 2.40 bits per heavy atom. The molecule has 3 aromatic rings. The Kier molecular flexibility index (Phi) is 6.84. The third kappa shape index (κ3) is 5.82. The highest BCUT2D eigenvalue weighted by atomic mass is 35.5. The summed E-state index contributed by atoms with van der Waals surface area (Å²) in [6, 6.07) is 9.36. The fourth-order valence-electron chi connectivity index (χ4n) is 4.12. The van der Waals surface area contributed by atoms with Crippen LogP contribution in [0.1, 0.15) is 29.4 Å². The number of nitrogens with zero attached hydrogens (tertiary/aromatic N) is 2. The number of halogens is 5. The van der Waals surface area contributed by atoms with Crippen molar-refractivity contribution in [2.24, 2.45) is 0 Å². The molecule has 184 valence electrons. The second kappa shape index (κ2) is 9.69. The molecule has 6 nitrogen and oxygen atoms in total. The number of fused-ring (bicyclic) bond motifs is 1. The largest absolute Gasteiger partial charge is 0.433 e. The molecule has 2 N–H and O–H groups in total. The summed E-state index contributed by atoms with van der Waals surface area (Å²) < 4.78 is 53.6. The summed E-state index contributed by atoms with van der Waals surface area (Å²) >= 11 is 6.07. The number of hydrogen-bond donors (Lipinski definition) is 2. The van der Waals surface area contributed by atoms with E-state index < -0.39 is 35.7 Å². The highest BCUT2D eigenvalue weighted by Crippen LogP contribution is 2.34. The first-order valence-corrected chi connectivity index (χ1v) is 11.1. The fraction of sp³-hybridized carbons (Fsp3) is 0.292. The van der Waals surface area contributed by atoms with Crippen LogP contribution in [0.2, 0.25) is 5.02 Å². The SMILES string of the molecule is CC(=O)N1C[C@@H](NC(=O)c2ccc(F)cc2)C[C@@H](Nc2cc(C(F)(F)F)nc3ccc(Cl)cc23)C1. The quantitative estimate of drug-likeness (QED) is 0.493. The summed E-state index contributed by atoms with van der Waals surface area (Å²) in [5.41, 5.74) is -0.522. The first-order chi connectivity index (χ1) is 16.5. The summed E-state index contributed by atoms with van der Waals surface area (Å²) in [4.78, 5) is 30.0. The molecule has 0 spiro atoms. The van der Waals surface area contributed by atoms with Gasteiger partial charge in [0.15, 0.2) is 0 Å². The van der Waals surface area contributed by atoms with Crippen molar-refractivity contribution in [1.82, 2.24) is 15.2 Å². The standard InChI is InChI=1S/C24H21ClF4N4O2/c1-13(34)33-11-17(9-18(12-33)31-23(35)14-2-5-16(26)6-3-14)30-21-10-22(24(27,28)29)32-20-7-4-15(25)8-19(20)21/h2-8,10,17-18H,9,11-12H2,1H3,(H,30,32)(H,31,35)/t17-,18+/m1/s1. The lowest BCUT2D eigenvalue weighted by Crippen LogP contribution is -2.55. The van der Waals surface area contributed by atoms with E-state index in [9.17, 15) is 27.2 Å². The fourth-order valence-corrected chi connectivity index (χ4v) is 4.29. The number of hydrogen-bond acceptors (Lipinski definition) is 4. The van der Waals surface area contributed by atoms with Crippen molar-refractivity contribution >= 4 is 40.0 Å². The van der Waals surface area contributed by atoms with Gasteiger partial charge in [0.2, 0.25) is 5.91 Å². The van der Waals surface area contributed by atoms with Crippen molar-refractivity contribution in [3.8, 4) is 0 Å². The van der Waals surface area contributed by atoms with Crippen LogP contribution in [0.5, 0.6) is 0 Å². The lowest BCUT2D eigenvalue weighted by Gasteiger charge is -2.38. The van der Waals surface area contributed by atoms with Gasteiger partial charge in [0.1, 0.15) is 11.5 Å². The van der Waals surface area contributed by atoms with Gasteiger partial charge in [-0.05, 0) is 55.0 Å². The third-order valence-corrected chi connectivity index (χ3v) is 5.99. The monoisotopic (exact) mass is 508 g/mol. The lowest BCUT2D eigenvalue weighted by atomic mass is 9.99. The molecule has 1 saturated heterocycles. The predicted molar refractivity (Wildman–Crippen MR) is 124 cm³/mol. The molecule has 2 aromatic carbocycles.